The molecule has 0 atom stereocenters. The molecule has 138 valence electrons. The molecule has 1 aromatic rings. The number of aliphatic carboxylic acids is 1. The molecule has 9 heteroatoms. The Hall–Kier alpha value is -2.84. The number of carbonyl (C=O) groups is 2. The molecule has 0 saturated carbocycles. The summed E-state index contributed by atoms with van der Waals surface area (Å²) in [5.74, 6) is -1.50. The maximum atomic E-state index is 12.4. The molecule has 9 nitrogen and oxygen atoms in total. The molecule has 25 heavy (non-hydrogen) atoms. The first-order chi connectivity index (χ1) is 11.8. The first-order valence-electron chi connectivity index (χ1n) is 7.68. The van der Waals surface area contributed by atoms with Gasteiger partial charge in [0.05, 0.1) is 30.6 Å². The molecule has 0 aliphatic carbocycles. The number of carboxylic acid groups (broad SMARTS) is 1. The molecule has 1 amide bonds. The number of nitro benzene ring substituents is 1. The molecule has 0 radical (unpaired) electrons. The molecule has 0 aliphatic rings. The minimum Gasteiger partial charge on any atom is -0.493 e. The highest BCUT2D eigenvalue weighted by Gasteiger charge is 2.36. The van der Waals surface area contributed by atoms with Crippen molar-refractivity contribution in [3.8, 4) is 11.5 Å². The minimum absolute atomic E-state index is 0.118. The van der Waals surface area contributed by atoms with E-state index in [1.54, 1.807) is 13.8 Å². The third-order valence-electron chi connectivity index (χ3n) is 4.34. The van der Waals surface area contributed by atoms with Gasteiger partial charge in [-0.2, -0.15) is 0 Å². The first kappa shape index (κ1) is 20.2. The van der Waals surface area contributed by atoms with Crippen LogP contribution < -0.4 is 14.8 Å². The van der Waals surface area contributed by atoms with E-state index in [1.165, 1.54) is 20.3 Å². The van der Waals surface area contributed by atoms with Gasteiger partial charge >= 0.3 is 5.97 Å². The van der Waals surface area contributed by atoms with Gasteiger partial charge in [-0.15, -0.1) is 0 Å². The van der Waals surface area contributed by atoms with Crippen molar-refractivity contribution in [2.24, 2.45) is 5.41 Å². The second kappa shape index (κ2) is 8.32. The molecule has 0 saturated heterocycles. The van der Waals surface area contributed by atoms with Crippen molar-refractivity contribution in [3.63, 3.8) is 0 Å². The van der Waals surface area contributed by atoms with Gasteiger partial charge in [0, 0.05) is 12.6 Å². The fourth-order valence-electron chi connectivity index (χ4n) is 2.42. The average Bonchev–Trinajstić information content (AvgIpc) is 2.61. The molecule has 0 aliphatic heterocycles. The van der Waals surface area contributed by atoms with Gasteiger partial charge in [-0.05, 0) is 12.8 Å². The molecule has 0 fully saturated rings. The van der Waals surface area contributed by atoms with Crippen molar-refractivity contribution in [2.75, 3.05) is 20.8 Å². The fourth-order valence-corrected chi connectivity index (χ4v) is 2.42. The predicted molar refractivity (Wildman–Crippen MR) is 89.2 cm³/mol. The molecular formula is C16H22N2O7. The number of amides is 1. The number of carboxylic acids is 1. The number of methoxy groups -OCH3 is 2. The van der Waals surface area contributed by atoms with Crippen LogP contribution in [0.3, 0.4) is 0 Å². The van der Waals surface area contributed by atoms with Gasteiger partial charge in [-0.25, -0.2) is 0 Å². The summed E-state index contributed by atoms with van der Waals surface area (Å²) in [7, 11) is 2.67. The van der Waals surface area contributed by atoms with E-state index in [0.717, 1.165) is 6.07 Å². The Kier molecular flexibility index (Phi) is 6.72. The van der Waals surface area contributed by atoms with Gasteiger partial charge in [0.2, 0.25) is 0 Å². The Morgan fingerprint density at radius 3 is 2.12 bits per heavy atom. The van der Waals surface area contributed by atoms with Crippen LogP contribution in [0.25, 0.3) is 0 Å². The van der Waals surface area contributed by atoms with Crippen LogP contribution in [-0.2, 0) is 4.79 Å². The maximum Gasteiger partial charge on any atom is 0.311 e. The van der Waals surface area contributed by atoms with Gasteiger partial charge in [0.25, 0.3) is 11.6 Å². The largest absolute Gasteiger partial charge is 0.493 e. The van der Waals surface area contributed by atoms with Gasteiger partial charge in [-0.1, -0.05) is 13.8 Å². The molecule has 1 rings (SSSR count). The third kappa shape index (κ3) is 4.17. The zero-order valence-corrected chi connectivity index (χ0v) is 14.6. The lowest BCUT2D eigenvalue weighted by Crippen LogP contribution is -2.42. The van der Waals surface area contributed by atoms with Gasteiger partial charge in [-0.3, -0.25) is 19.7 Å². The van der Waals surface area contributed by atoms with Crippen LogP contribution in [0.5, 0.6) is 11.5 Å². The monoisotopic (exact) mass is 354 g/mol. The summed E-state index contributed by atoms with van der Waals surface area (Å²) < 4.78 is 10.1. The Morgan fingerprint density at radius 2 is 1.72 bits per heavy atom. The Labute approximate surface area is 145 Å². The zero-order valence-electron chi connectivity index (χ0n) is 14.6. The second-order valence-corrected chi connectivity index (χ2v) is 5.46. The van der Waals surface area contributed by atoms with Crippen LogP contribution in [0, 0.1) is 15.5 Å². The SMILES string of the molecule is CCC(CC)(CNC(=O)c1cc(OC)c(OC)cc1[N+](=O)[O-])C(=O)O. The highest BCUT2D eigenvalue weighted by Crippen LogP contribution is 2.34. The average molecular weight is 354 g/mol. The summed E-state index contributed by atoms with van der Waals surface area (Å²) in [6.07, 6.45) is 0.625. The van der Waals surface area contributed by atoms with E-state index >= 15 is 0 Å². The summed E-state index contributed by atoms with van der Waals surface area (Å²) in [6.45, 7) is 3.28. The second-order valence-electron chi connectivity index (χ2n) is 5.46. The number of ether oxygens (including phenoxy) is 2. The molecule has 0 bridgehead atoms. The number of nitrogens with one attached hydrogen (secondary N) is 1. The van der Waals surface area contributed by atoms with Crippen LogP contribution in [0.4, 0.5) is 5.69 Å². The molecule has 1 aromatic carbocycles. The van der Waals surface area contributed by atoms with Crippen LogP contribution in [0.15, 0.2) is 12.1 Å². The van der Waals surface area contributed by atoms with E-state index in [2.05, 4.69) is 5.32 Å². The summed E-state index contributed by atoms with van der Waals surface area (Å²) in [4.78, 5) is 34.5. The lowest BCUT2D eigenvalue weighted by atomic mass is 9.82. The van der Waals surface area contributed by atoms with Crippen LogP contribution in [0.1, 0.15) is 37.0 Å². The number of hydrogen-bond donors (Lipinski definition) is 2. The topological polar surface area (TPSA) is 128 Å². The Morgan fingerprint density at radius 1 is 1.20 bits per heavy atom. The van der Waals surface area contributed by atoms with Crippen LogP contribution in [0.2, 0.25) is 0 Å². The molecule has 0 aromatic heterocycles. The lowest BCUT2D eigenvalue weighted by molar-refractivity contribution is -0.385. The smallest absolute Gasteiger partial charge is 0.311 e. The maximum absolute atomic E-state index is 12.4. The van der Waals surface area contributed by atoms with E-state index in [0.29, 0.717) is 12.8 Å². The molecule has 0 heterocycles. The van der Waals surface area contributed by atoms with E-state index in [1.807, 2.05) is 0 Å². The van der Waals surface area contributed by atoms with Gasteiger partial charge < -0.3 is 19.9 Å². The highest BCUT2D eigenvalue weighted by molar-refractivity contribution is 5.99. The van der Waals surface area contributed by atoms with Crippen molar-refractivity contribution in [3.05, 3.63) is 27.8 Å². The van der Waals surface area contributed by atoms with Crippen LogP contribution >= 0.6 is 0 Å². The summed E-state index contributed by atoms with van der Waals surface area (Å²) in [6, 6.07) is 2.30. The zero-order chi connectivity index (χ0) is 19.2. The number of rotatable bonds is 9. The normalized spacial score (nSPS) is 10.9. The van der Waals surface area contributed by atoms with Gasteiger partial charge in [0.1, 0.15) is 5.56 Å². The molecule has 0 unspecified atom stereocenters. The first-order valence-corrected chi connectivity index (χ1v) is 7.68. The molecule has 0 spiro atoms. The number of nitro groups is 1. The van der Waals surface area contributed by atoms with Crippen molar-refractivity contribution in [2.45, 2.75) is 26.7 Å². The summed E-state index contributed by atoms with van der Waals surface area (Å²) >= 11 is 0. The van der Waals surface area contributed by atoms with Crippen molar-refractivity contribution in [1.82, 2.24) is 5.32 Å². The molecule has 2 N–H and O–H groups in total. The predicted octanol–water partition coefficient (Wildman–Crippen LogP) is 2.23. The van der Waals surface area contributed by atoms with Gasteiger partial charge in [0.15, 0.2) is 11.5 Å². The van der Waals surface area contributed by atoms with E-state index in [9.17, 15) is 24.8 Å². The Bertz CT molecular complexity index is 669. The fraction of sp³-hybridized carbons (Fsp3) is 0.500. The summed E-state index contributed by atoms with van der Waals surface area (Å²) in [5.41, 5.74) is -1.81. The van der Waals surface area contributed by atoms with E-state index < -0.39 is 27.9 Å². The number of hydrogen-bond acceptors (Lipinski definition) is 6. The third-order valence-corrected chi connectivity index (χ3v) is 4.34. The molecular weight excluding hydrogens is 332 g/mol. The Balaban J connectivity index is 3.20. The van der Waals surface area contributed by atoms with Crippen molar-refractivity contribution >= 4 is 17.6 Å². The number of carbonyl (C=O) groups excluding carboxylic acids is 1. The van der Waals surface area contributed by atoms with E-state index in [4.69, 9.17) is 9.47 Å². The lowest BCUT2D eigenvalue weighted by Gasteiger charge is -2.26. The quantitative estimate of drug-likeness (QED) is 0.514. The van der Waals surface area contributed by atoms with E-state index in [-0.39, 0.29) is 23.6 Å². The minimum atomic E-state index is -1.12. The van der Waals surface area contributed by atoms with Crippen molar-refractivity contribution < 1.29 is 29.1 Å². The highest BCUT2D eigenvalue weighted by atomic mass is 16.6. The van der Waals surface area contributed by atoms with Crippen LogP contribution in [-0.4, -0.2) is 42.7 Å². The number of nitrogens with zero attached hydrogens (tertiary/aromatic N) is 1. The standard InChI is InChI=1S/C16H22N2O7/c1-5-16(6-2,15(20)21)9-17-14(19)10-7-12(24-3)13(25-4)8-11(10)18(22)23/h7-8H,5-6,9H2,1-4H3,(H,17,19)(H,20,21). The van der Waals surface area contributed by atoms with Crippen molar-refractivity contribution in [1.29, 1.82) is 0 Å². The number of benzene rings is 1. The summed E-state index contributed by atoms with van der Waals surface area (Å²) in [5, 5.41) is 23.1.